The van der Waals surface area contributed by atoms with Gasteiger partial charge in [0.1, 0.15) is 0 Å². The lowest BCUT2D eigenvalue weighted by atomic mass is 10.1. The summed E-state index contributed by atoms with van der Waals surface area (Å²) in [5.41, 5.74) is 2.00. The van der Waals surface area contributed by atoms with Gasteiger partial charge in [-0.3, -0.25) is 9.52 Å². The summed E-state index contributed by atoms with van der Waals surface area (Å²) in [5, 5.41) is 0. The molecule has 1 saturated heterocycles. The summed E-state index contributed by atoms with van der Waals surface area (Å²) in [6.07, 6.45) is 0. The molecule has 4 rings (SSSR count). The van der Waals surface area contributed by atoms with Gasteiger partial charge < -0.3 is 9.80 Å². The van der Waals surface area contributed by atoms with E-state index in [0.29, 0.717) is 24.3 Å². The van der Waals surface area contributed by atoms with E-state index in [9.17, 15) is 13.2 Å². The van der Waals surface area contributed by atoms with Gasteiger partial charge in [-0.25, -0.2) is 8.42 Å². The van der Waals surface area contributed by atoms with E-state index in [1.807, 2.05) is 24.3 Å². The average Bonchev–Trinajstić information content (AvgIpc) is 2.80. The second kappa shape index (κ2) is 8.59. The standard InChI is InChI=1S/C23H23N3O3S/c27-23(26-16-14-25(15-17-26)21-11-5-2-6-12-21)19-8-7-13-22(18-19)30(28,29)24-20-9-3-1-4-10-20/h1-13,18,24H,14-17H2. The maximum atomic E-state index is 13.0. The Hall–Kier alpha value is -3.32. The Morgan fingerprint density at radius 1 is 0.767 bits per heavy atom. The monoisotopic (exact) mass is 421 g/mol. The van der Waals surface area contributed by atoms with Crippen molar-refractivity contribution < 1.29 is 13.2 Å². The largest absolute Gasteiger partial charge is 0.368 e. The molecule has 1 fully saturated rings. The van der Waals surface area contributed by atoms with Gasteiger partial charge in [-0.1, -0.05) is 42.5 Å². The molecule has 1 aliphatic heterocycles. The molecular formula is C23H23N3O3S. The number of carbonyl (C=O) groups excluding carboxylic acids is 1. The van der Waals surface area contributed by atoms with E-state index in [4.69, 9.17) is 0 Å². The first-order chi connectivity index (χ1) is 14.5. The van der Waals surface area contributed by atoms with E-state index in [1.54, 1.807) is 41.3 Å². The van der Waals surface area contributed by atoms with Crippen LogP contribution in [0.3, 0.4) is 0 Å². The summed E-state index contributed by atoms with van der Waals surface area (Å²) >= 11 is 0. The van der Waals surface area contributed by atoms with Crippen molar-refractivity contribution in [2.24, 2.45) is 0 Å². The lowest BCUT2D eigenvalue weighted by Gasteiger charge is -2.36. The van der Waals surface area contributed by atoms with E-state index in [0.717, 1.165) is 18.8 Å². The second-order valence-electron chi connectivity index (χ2n) is 7.11. The molecule has 6 nitrogen and oxygen atoms in total. The van der Waals surface area contributed by atoms with Crippen molar-refractivity contribution >= 4 is 27.3 Å². The number of rotatable bonds is 5. The van der Waals surface area contributed by atoms with Crippen molar-refractivity contribution in [2.45, 2.75) is 4.90 Å². The van der Waals surface area contributed by atoms with Crippen LogP contribution in [0, 0.1) is 0 Å². The zero-order valence-corrected chi connectivity index (χ0v) is 17.3. The number of piperazine rings is 1. The molecule has 7 heteroatoms. The number of carbonyl (C=O) groups is 1. The van der Waals surface area contributed by atoms with Gasteiger partial charge in [0.2, 0.25) is 0 Å². The minimum absolute atomic E-state index is 0.0696. The quantitative estimate of drug-likeness (QED) is 0.685. The molecule has 1 aliphatic rings. The van der Waals surface area contributed by atoms with Crippen LogP contribution in [-0.4, -0.2) is 45.4 Å². The molecule has 1 heterocycles. The first kappa shape index (κ1) is 20.0. The summed E-state index contributed by atoms with van der Waals surface area (Å²) in [6.45, 7) is 2.66. The van der Waals surface area contributed by atoms with Gasteiger partial charge in [0.15, 0.2) is 0 Å². The number of nitrogens with one attached hydrogen (secondary N) is 1. The van der Waals surface area contributed by atoms with E-state index < -0.39 is 10.0 Å². The zero-order chi connectivity index (χ0) is 21.0. The van der Waals surface area contributed by atoms with Crippen molar-refractivity contribution in [1.29, 1.82) is 0 Å². The number of hydrogen-bond acceptors (Lipinski definition) is 4. The van der Waals surface area contributed by atoms with Crippen LogP contribution in [0.1, 0.15) is 10.4 Å². The number of benzene rings is 3. The molecule has 154 valence electrons. The Morgan fingerprint density at radius 2 is 1.40 bits per heavy atom. The highest BCUT2D eigenvalue weighted by Crippen LogP contribution is 2.20. The van der Waals surface area contributed by atoms with Gasteiger partial charge in [0.25, 0.3) is 15.9 Å². The molecule has 0 saturated carbocycles. The molecule has 1 amide bonds. The topological polar surface area (TPSA) is 69.7 Å². The van der Waals surface area contributed by atoms with Crippen molar-refractivity contribution in [3.8, 4) is 0 Å². The van der Waals surface area contributed by atoms with Gasteiger partial charge in [-0.05, 0) is 42.5 Å². The maximum absolute atomic E-state index is 13.0. The minimum atomic E-state index is -3.77. The van der Waals surface area contributed by atoms with Crippen LogP contribution in [0.5, 0.6) is 0 Å². The van der Waals surface area contributed by atoms with Crippen molar-refractivity contribution in [3.63, 3.8) is 0 Å². The van der Waals surface area contributed by atoms with Crippen LogP contribution in [0.25, 0.3) is 0 Å². The van der Waals surface area contributed by atoms with Crippen LogP contribution >= 0.6 is 0 Å². The van der Waals surface area contributed by atoms with Gasteiger partial charge in [0, 0.05) is 43.1 Å². The third-order valence-electron chi connectivity index (χ3n) is 5.11. The van der Waals surface area contributed by atoms with E-state index in [1.165, 1.54) is 12.1 Å². The molecule has 0 atom stereocenters. The van der Waals surface area contributed by atoms with Gasteiger partial charge in [-0.2, -0.15) is 0 Å². The number of hydrogen-bond donors (Lipinski definition) is 1. The van der Waals surface area contributed by atoms with Crippen molar-refractivity contribution in [2.75, 3.05) is 35.8 Å². The Morgan fingerprint density at radius 3 is 2.07 bits per heavy atom. The molecule has 0 bridgehead atoms. The van der Waals surface area contributed by atoms with E-state index in [-0.39, 0.29) is 10.8 Å². The Bertz CT molecular complexity index is 1110. The predicted molar refractivity (Wildman–Crippen MR) is 118 cm³/mol. The lowest BCUT2D eigenvalue weighted by Crippen LogP contribution is -2.48. The molecule has 1 N–H and O–H groups in total. The van der Waals surface area contributed by atoms with Crippen LogP contribution < -0.4 is 9.62 Å². The summed E-state index contributed by atoms with van der Waals surface area (Å²) in [4.78, 5) is 17.1. The Labute approximate surface area is 176 Å². The fourth-order valence-electron chi connectivity index (χ4n) is 3.51. The molecular weight excluding hydrogens is 398 g/mol. The van der Waals surface area contributed by atoms with Gasteiger partial charge in [0.05, 0.1) is 4.90 Å². The van der Waals surface area contributed by atoms with Crippen LogP contribution in [0.4, 0.5) is 11.4 Å². The fourth-order valence-corrected chi connectivity index (χ4v) is 4.61. The molecule has 0 aromatic heterocycles. The van der Waals surface area contributed by atoms with Gasteiger partial charge >= 0.3 is 0 Å². The molecule has 0 radical (unpaired) electrons. The van der Waals surface area contributed by atoms with E-state index in [2.05, 4.69) is 21.8 Å². The molecule has 0 spiro atoms. The first-order valence-corrected chi connectivity index (χ1v) is 11.3. The fraction of sp³-hybridized carbons (Fsp3) is 0.174. The average molecular weight is 422 g/mol. The van der Waals surface area contributed by atoms with E-state index >= 15 is 0 Å². The number of para-hydroxylation sites is 2. The number of sulfonamides is 1. The third kappa shape index (κ3) is 4.46. The highest BCUT2D eigenvalue weighted by Gasteiger charge is 2.24. The predicted octanol–water partition coefficient (Wildman–Crippen LogP) is 3.45. The van der Waals surface area contributed by atoms with Crippen molar-refractivity contribution in [3.05, 3.63) is 90.5 Å². The number of nitrogens with zero attached hydrogens (tertiary/aromatic N) is 2. The summed E-state index contributed by atoms with van der Waals surface area (Å²) < 4.78 is 28.0. The van der Waals surface area contributed by atoms with Gasteiger partial charge in [-0.15, -0.1) is 0 Å². The van der Waals surface area contributed by atoms with Crippen molar-refractivity contribution in [1.82, 2.24) is 4.90 Å². The first-order valence-electron chi connectivity index (χ1n) is 9.80. The van der Waals surface area contributed by atoms with Crippen LogP contribution in [0.15, 0.2) is 89.8 Å². The zero-order valence-electron chi connectivity index (χ0n) is 16.4. The number of anilines is 2. The van der Waals surface area contributed by atoms with Crippen LogP contribution in [0.2, 0.25) is 0 Å². The smallest absolute Gasteiger partial charge is 0.261 e. The maximum Gasteiger partial charge on any atom is 0.261 e. The Balaban J connectivity index is 1.45. The third-order valence-corrected chi connectivity index (χ3v) is 6.48. The minimum Gasteiger partial charge on any atom is -0.368 e. The Kier molecular flexibility index (Phi) is 5.72. The molecule has 0 aliphatic carbocycles. The molecule has 3 aromatic rings. The molecule has 0 unspecified atom stereocenters. The second-order valence-corrected chi connectivity index (χ2v) is 8.80. The summed E-state index contributed by atoms with van der Waals surface area (Å²) in [5.74, 6) is -0.153. The summed E-state index contributed by atoms with van der Waals surface area (Å²) in [6, 6.07) is 25.0. The normalized spacial score (nSPS) is 14.4. The SMILES string of the molecule is O=C(c1cccc(S(=O)(=O)Nc2ccccc2)c1)N1CCN(c2ccccc2)CC1. The van der Waals surface area contributed by atoms with Crippen LogP contribution in [-0.2, 0) is 10.0 Å². The number of amides is 1. The highest BCUT2D eigenvalue weighted by molar-refractivity contribution is 7.92. The lowest BCUT2D eigenvalue weighted by molar-refractivity contribution is 0.0746. The summed E-state index contributed by atoms with van der Waals surface area (Å²) in [7, 11) is -3.77. The molecule has 30 heavy (non-hydrogen) atoms. The molecule has 3 aromatic carbocycles. The highest BCUT2D eigenvalue weighted by atomic mass is 32.2.